The molecule has 1 N–H and O–H groups in total. The topological polar surface area (TPSA) is 86.0 Å². The van der Waals surface area contributed by atoms with E-state index in [4.69, 9.17) is 4.74 Å². The molecule has 90 valence electrons. The molecular formula is C10H13N5O2. The Kier molecular flexibility index (Phi) is 3.85. The first-order valence-electron chi connectivity index (χ1n) is 5.32. The average molecular weight is 235 g/mol. The molecule has 2 rings (SSSR count). The average Bonchev–Trinajstić information content (AvgIpc) is 2.87. The molecule has 0 saturated heterocycles. The van der Waals surface area contributed by atoms with Gasteiger partial charge in [0.05, 0.1) is 13.2 Å². The van der Waals surface area contributed by atoms with Crippen molar-refractivity contribution < 1.29 is 9.26 Å². The fourth-order valence-corrected chi connectivity index (χ4v) is 1.16. The van der Waals surface area contributed by atoms with E-state index in [0.717, 1.165) is 6.42 Å². The lowest BCUT2D eigenvalue weighted by Gasteiger charge is -2.05. The molecule has 0 radical (unpaired) electrons. The maximum Gasteiger partial charge on any atom is 0.218 e. The molecule has 2 heterocycles. The maximum absolute atomic E-state index is 5.39. The van der Waals surface area contributed by atoms with Gasteiger partial charge in [0.1, 0.15) is 12.1 Å². The molecule has 0 aliphatic carbocycles. The summed E-state index contributed by atoms with van der Waals surface area (Å²) < 4.78 is 10.0. The van der Waals surface area contributed by atoms with Gasteiger partial charge in [-0.25, -0.2) is 9.97 Å². The van der Waals surface area contributed by atoms with Crippen LogP contribution in [0.25, 0.3) is 0 Å². The Bertz CT molecular complexity index is 446. The lowest BCUT2D eigenvalue weighted by atomic mass is 10.5. The summed E-state index contributed by atoms with van der Waals surface area (Å²) in [7, 11) is 0. The van der Waals surface area contributed by atoms with Gasteiger partial charge in [-0.2, -0.15) is 4.98 Å². The van der Waals surface area contributed by atoms with E-state index in [1.54, 1.807) is 6.07 Å². The lowest BCUT2D eigenvalue weighted by molar-refractivity contribution is 0.305. The van der Waals surface area contributed by atoms with Crippen LogP contribution in [0.5, 0.6) is 5.88 Å². The van der Waals surface area contributed by atoms with Gasteiger partial charge in [0.2, 0.25) is 12.3 Å². The van der Waals surface area contributed by atoms with Crippen LogP contribution in [-0.4, -0.2) is 26.7 Å². The molecule has 0 aromatic carbocycles. The van der Waals surface area contributed by atoms with Crippen molar-refractivity contribution in [1.82, 2.24) is 20.1 Å². The summed E-state index contributed by atoms with van der Waals surface area (Å²) in [5.41, 5.74) is 0. The van der Waals surface area contributed by atoms with Crippen LogP contribution in [0.1, 0.15) is 19.2 Å². The van der Waals surface area contributed by atoms with Crippen molar-refractivity contribution >= 4 is 5.82 Å². The number of hydrogen-bond acceptors (Lipinski definition) is 7. The van der Waals surface area contributed by atoms with Crippen LogP contribution in [-0.2, 0) is 6.54 Å². The first-order chi connectivity index (χ1) is 8.38. The molecule has 7 nitrogen and oxygen atoms in total. The third kappa shape index (κ3) is 3.40. The van der Waals surface area contributed by atoms with Gasteiger partial charge in [0, 0.05) is 6.07 Å². The number of anilines is 1. The van der Waals surface area contributed by atoms with E-state index in [1.807, 2.05) is 6.92 Å². The summed E-state index contributed by atoms with van der Waals surface area (Å²) in [6.45, 7) is 3.12. The van der Waals surface area contributed by atoms with Crippen molar-refractivity contribution in [2.75, 3.05) is 11.9 Å². The highest BCUT2D eigenvalue weighted by Gasteiger charge is 2.01. The second-order valence-corrected chi connectivity index (χ2v) is 3.29. The minimum Gasteiger partial charge on any atom is -0.478 e. The predicted molar refractivity (Wildman–Crippen MR) is 59.4 cm³/mol. The largest absolute Gasteiger partial charge is 0.478 e. The molecule has 0 spiro atoms. The number of ether oxygens (including phenoxy) is 1. The van der Waals surface area contributed by atoms with Crippen molar-refractivity contribution in [3.63, 3.8) is 0 Å². The molecule has 2 aromatic rings. The third-order valence-electron chi connectivity index (χ3n) is 1.93. The summed E-state index contributed by atoms with van der Waals surface area (Å²) in [4.78, 5) is 11.9. The van der Waals surface area contributed by atoms with Gasteiger partial charge in [0.15, 0.2) is 5.82 Å². The molecule has 0 fully saturated rings. The Hall–Kier alpha value is -2.18. The van der Waals surface area contributed by atoms with Gasteiger partial charge >= 0.3 is 0 Å². The van der Waals surface area contributed by atoms with Crippen molar-refractivity contribution in [1.29, 1.82) is 0 Å². The second-order valence-electron chi connectivity index (χ2n) is 3.29. The van der Waals surface area contributed by atoms with E-state index in [2.05, 4.69) is 29.9 Å². The summed E-state index contributed by atoms with van der Waals surface area (Å²) in [5, 5.41) is 6.73. The van der Waals surface area contributed by atoms with Gasteiger partial charge < -0.3 is 14.6 Å². The molecular weight excluding hydrogens is 222 g/mol. The second kappa shape index (κ2) is 5.78. The first kappa shape index (κ1) is 11.3. The van der Waals surface area contributed by atoms with Crippen molar-refractivity contribution in [3.8, 4) is 5.88 Å². The van der Waals surface area contributed by atoms with E-state index in [0.29, 0.717) is 30.7 Å². The van der Waals surface area contributed by atoms with Crippen LogP contribution in [0.15, 0.2) is 23.3 Å². The zero-order chi connectivity index (χ0) is 11.9. The number of nitrogens with zero attached hydrogens (tertiary/aromatic N) is 4. The Morgan fingerprint density at radius 3 is 3.06 bits per heavy atom. The van der Waals surface area contributed by atoms with Crippen LogP contribution in [0.4, 0.5) is 5.82 Å². The predicted octanol–water partition coefficient (Wildman–Crippen LogP) is 1.26. The summed E-state index contributed by atoms with van der Waals surface area (Å²) in [6, 6.07) is 1.73. The fourth-order valence-electron chi connectivity index (χ4n) is 1.16. The summed E-state index contributed by atoms with van der Waals surface area (Å²) in [5.74, 6) is 1.79. The summed E-state index contributed by atoms with van der Waals surface area (Å²) >= 11 is 0. The SMILES string of the molecule is CCCOc1cc(NCc2ncon2)ncn1. The molecule has 0 bridgehead atoms. The quantitative estimate of drug-likeness (QED) is 0.806. The van der Waals surface area contributed by atoms with Gasteiger partial charge in [-0.3, -0.25) is 0 Å². The van der Waals surface area contributed by atoms with E-state index >= 15 is 0 Å². The highest BCUT2D eigenvalue weighted by atomic mass is 16.5. The van der Waals surface area contributed by atoms with Crippen molar-refractivity contribution in [2.45, 2.75) is 19.9 Å². The standard InChI is InChI=1S/C10H13N5O2/c1-2-3-16-10-4-8(12-6-13-10)11-5-9-14-7-17-15-9/h4,6-7H,2-3,5H2,1H3,(H,11,12,13). The molecule has 0 aliphatic heterocycles. The number of nitrogens with one attached hydrogen (secondary N) is 1. The monoisotopic (exact) mass is 235 g/mol. The normalized spacial score (nSPS) is 10.2. The molecule has 2 aromatic heterocycles. The van der Waals surface area contributed by atoms with E-state index in [1.165, 1.54) is 12.7 Å². The minimum absolute atomic E-state index is 0.445. The van der Waals surface area contributed by atoms with Crippen LogP contribution in [0.3, 0.4) is 0 Å². The third-order valence-corrected chi connectivity index (χ3v) is 1.93. The van der Waals surface area contributed by atoms with E-state index in [9.17, 15) is 0 Å². The molecule has 17 heavy (non-hydrogen) atoms. The van der Waals surface area contributed by atoms with Crippen LogP contribution in [0, 0.1) is 0 Å². The van der Waals surface area contributed by atoms with E-state index in [-0.39, 0.29) is 0 Å². The fraction of sp³-hybridized carbons (Fsp3) is 0.400. The van der Waals surface area contributed by atoms with Gasteiger partial charge in [-0.05, 0) is 6.42 Å². The summed E-state index contributed by atoms with van der Waals surface area (Å²) in [6.07, 6.45) is 3.67. The molecule has 7 heteroatoms. The minimum atomic E-state index is 0.445. The Balaban J connectivity index is 1.91. The molecule has 0 amide bonds. The highest BCUT2D eigenvalue weighted by Crippen LogP contribution is 2.11. The molecule has 0 saturated carbocycles. The van der Waals surface area contributed by atoms with Gasteiger partial charge in [-0.1, -0.05) is 12.1 Å². The zero-order valence-electron chi connectivity index (χ0n) is 9.46. The van der Waals surface area contributed by atoms with Crippen molar-refractivity contribution in [2.24, 2.45) is 0 Å². The number of hydrogen-bond donors (Lipinski definition) is 1. The molecule has 0 atom stereocenters. The van der Waals surface area contributed by atoms with Crippen molar-refractivity contribution in [3.05, 3.63) is 24.6 Å². The molecule has 0 aliphatic rings. The van der Waals surface area contributed by atoms with Crippen LogP contribution < -0.4 is 10.1 Å². The zero-order valence-corrected chi connectivity index (χ0v) is 9.46. The maximum atomic E-state index is 5.39. The Morgan fingerprint density at radius 2 is 2.29 bits per heavy atom. The Labute approximate surface area is 98.2 Å². The number of rotatable bonds is 6. The van der Waals surface area contributed by atoms with Crippen LogP contribution >= 0.6 is 0 Å². The van der Waals surface area contributed by atoms with Gasteiger partial charge in [0.25, 0.3) is 0 Å². The molecule has 0 unspecified atom stereocenters. The Morgan fingerprint density at radius 1 is 1.35 bits per heavy atom. The van der Waals surface area contributed by atoms with E-state index < -0.39 is 0 Å². The van der Waals surface area contributed by atoms with Crippen LogP contribution in [0.2, 0.25) is 0 Å². The lowest BCUT2D eigenvalue weighted by Crippen LogP contribution is -2.04. The highest BCUT2D eigenvalue weighted by molar-refractivity contribution is 5.36. The first-order valence-corrected chi connectivity index (χ1v) is 5.32. The van der Waals surface area contributed by atoms with Gasteiger partial charge in [-0.15, -0.1) is 0 Å². The number of aromatic nitrogens is 4. The smallest absolute Gasteiger partial charge is 0.218 e.